The van der Waals surface area contributed by atoms with E-state index in [1.54, 1.807) is 0 Å². The molecular formula is C10H13N. The largest absolute Gasteiger partial charge is 0.293 e. The van der Waals surface area contributed by atoms with Crippen LogP contribution in [0.1, 0.15) is 18.5 Å². The molecule has 0 amide bonds. The number of rotatable bonds is 1. The number of nitrogens with zero attached hydrogens (tertiary/aromatic N) is 1. The Morgan fingerprint density at radius 1 is 1.18 bits per heavy atom. The van der Waals surface area contributed by atoms with Gasteiger partial charge in [0.05, 0.1) is 6.04 Å². The molecule has 1 nitrogen and oxygen atoms in total. The molecule has 0 N–H and O–H groups in total. The molecule has 0 aliphatic carbocycles. The van der Waals surface area contributed by atoms with Gasteiger partial charge in [0.15, 0.2) is 0 Å². The Balaban J connectivity index is 2.20. The molecule has 1 aliphatic heterocycles. The molecule has 1 aliphatic rings. The summed E-state index contributed by atoms with van der Waals surface area (Å²) in [6, 6.07) is 12.1. The van der Waals surface area contributed by atoms with E-state index in [-0.39, 0.29) is 0 Å². The molecule has 1 saturated heterocycles. The number of benzene rings is 1. The van der Waals surface area contributed by atoms with Gasteiger partial charge in [-0.15, -0.1) is 0 Å². The lowest BCUT2D eigenvalue weighted by Crippen LogP contribution is -1.86. The van der Waals surface area contributed by atoms with Gasteiger partial charge in [0.25, 0.3) is 0 Å². The highest BCUT2D eigenvalue weighted by molar-refractivity contribution is 5.25. The third-order valence-corrected chi connectivity index (χ3v) is 2.59. The van der Waals surface area contributed by atoms with Crippen molar-refractivity contribution in [3.63, 3.8) is 0 Å². The Hall–Kier alpha value is -0.820. The van der Waals surface area contributed by atoms with Crippen LogP contribution in [0.5, 0.6) is 0 Å². The number of likely N-dealkylation sites (N-methyl/N-ethyl adjacent to an activating group) is 1. The zero-order chi connectivity index (χ0) is 7.84. The van der Waals surface area contributed by atoms with Crippen molar-refractivity contribution in [3.05, 3.63) is 35.9 Å². The van der Waals surface area contributed by atoms with Gasteiger partial charge in [-0.3, -0.25) is 4.90 Å². The molecule has 2 rings (SSSR count). The van der Waals surface area contributed by atoms with E-state index < -0.39 is 0 Å². The van der Waals surface area contributed by atoms with Gasteiger partial charge in [0.2, 0.25) is 0 Å². The van der Waals surface area contributed by atoms with Crippen molar-refractivity contribution in [2.24, 2.45) is 0 Å². The Labute approximate surface area is 67.6 Å². The van der Waals surface area contributed by atoms with E-state index in [0.29, 0.717) is 6.04 Å². The van der Waals surface area contributed by atoms with Gasteiger partial charge < -0.3 is 0 Å². The summed E-state index contributed by atoms with van der Waals surface area (Å²) in [4.78, 5) is 2.37. The molecule has 0 spiro atoms. The van der Waals surface area contributed by atoms with Crippen LogP contribution in [0.4, 0.5) is 0 Å². The van der Waals surface area contributed by atoms with E-state index in [9.17, 15) is 0 Å². The Kier molecular flexibility index (Phi) is 1.46. The first-order valence-electron chi connectivity index (χ1n) is 4.07. The van der Waals surface area contributed by atoms with Gasteiger partial charge in [-0.2, -0.15) is 0 Å². The van der Waals surface area contributed by atoms with Crippen molar-refractivity contribution in [3.8, 4) is 0 Å². The second-order valence-corrected chi connectivity index (χ2v) is 3.26. The summed E-state index contributed by atoms with van der Waals surface area (Å²) in [6.45, 7) is 2.26. The lowest BCUT2D eigenvalue weighted by atomic mass is 10.1. The van der Waals surface area contributed by atoms with Crippen molar-refractivity contribution >= 4 is 0 Å². The normalized spacial score (nSPS) is 35.3. The highest BCUT2D eigenvalue weighted by Gasteiger charge is 2.40. The third-order valence-electron chi connectivity index (χ3n) is 2.59. The van der Waals surface area contributed by atoms with E-state index in [4.69, 9.17) is 0 Å². The SMILES string of the molecule is C[C@@H]1C(c2ccccc2)N1C. The first-order chi connectivity index (χ1) is 5.30. The molecule has 1 heterocycles. The summed E-state index contributed by atoms with van der Waals surface area (Å²) in [6.07, 6.45) is 0. The molecule has 0 saturated carbocycles. The average molecular weight is 147 g/mol. The summed E-state index contributed by atoms with van der Waals surface area (Å²) >= 11 is 0. The molecule has 11 heavy (non-hydrogen) atoms. The van der Waals surface area contributed by atoms with Crippen LogP contribution in [0, 0.1) is 0 Å². The fourth-order valence-corrected chi connectivity index (χ4v) is 1.66. The van der Waals surface area contributed by atoms with E-state index in [2.05, 4.69) is 49.2 Å². The van der Waals surface area contributed by atoms with Gasteiger partial charge in [-0.1, -0.05) is 30.3 Å². The highest BCUT2D eigenvalue weighted by Crippen LogP contribution is 2.40. The first-order valence-corrected chi connectivity index (χ1v) is 4.07. The third kappa shape index (κ3) is 1.05. The number of hydrogen-bond acceptors (Lipinski definition) is 1. The maximum Gasteiger partial charge on any atom is 0.0501 e. The monoisotopic (exact) mass is 147 g/mol. The van der Waals surface area contributed by atoms with Crippen LogP contribution in [-0.4, -0.2) is 18.0 Å². The molecule has 0 radical (unpaired) electrons. The Morgan fingerprint density at radius 3 is 2.18 bits per heavy atom. The van der Waals surface area contributed by atoms with Crippen LogP contribution < -0.4 is 0 Å². The molecule has 2 unspecified atom stereocenters. The topological polar surface area (TPSA) is 3.01 Å². The van der Waals surface area contributed by atoms with Crippen LogP contribution in [0.2, 0.25) is 0 Å². The maximum absolute atomic E-state index is 2.37. The molecule has 3 atom stereocenters. The second-order valence-electron chi connectivity index (χ2n) is 3.26. The van der Waals surface area contributed by atoms with Crippen molar-refractivity contribution in [2.75, 3.05) is 7.05 Å². The van der Waals surface area contributed by atoms with E-state index in [1.807, 2.05) is 0 Å². The minimum Gasteiger partial charge on any atom is -0.293 e. The smallest absolute Gasteiger partial charge is 0.0501 e. The maximum atomic E-state index is 2.37. The minimum atomic E-state index is 0.677. The van der Waals surface area contributed by atoms with E-state index in [1.165, 1.54) is 5.56 Å². The average Bonchev–Trinajstić information content (AvgIpc) is 2.62. The molecule has 0 bridgehead atoms. The molecule has 1 fully saturated rings. The molecular weight excluding hydrogens is 134 g/mol. The van der Waals surface area contributed by atoms with Gasteiger partial charge in [-0.25, -0.2) is 0 Å². The molecule has 1 heteroatoms. The summed E-state index contributed by atoms with van der Waals surface area (Å²) in [7, 11) is 2.17. The zero-order valence-electron chi connectivity index (χ0n) is 6.99. The number of hydrogen-bond donors (Lipinski definition) is 0. The van der Waals surface area contributed by atoms with Crippen LogP contribution in [0.15, 0.2) is 30.3 Å². The Morgan fingerprint density at radius 2 is 1.73 bits per heavy atom. The van der Waals surface area contributed by atoms with Crippen molar-refractivity contribution in [1.82, 2.24) is 4.90 Å². The highest BCUT2D eigenvalue weighted by atomic mass is 15.3. The summed E-state index contributed by atoms with van der Waals surface area (Å²) in [5.74, 6) is 0. The zero-order valence-corrected chi connectivity index (χ0v) is 6.99. The lowest BCUT2D eigenvalue weighted by Gasteiger charge is -1.95. The van der Waals surface area contributed by atoms with Crippen LogP contribution in [0.25, 0.3) is 0 Å². The predicted molar refractivity (Wildman–Crippen MR) is 46.4 cm³/mol. The van der Waals surface area contributed by atoms with Crippen molar-refractivity contribution < 1.29 is 0 Å². The van der Waals surface area contributed by atoms with Gasteiger partial charge in [0, 0.05) is 6.04 Å². The van der Waals surface area contributed by atoms with Crippen LogP contribution >= 0.6 is 0 Å². The van der Waals surface area contributed by atoms with Gasteiger partial charge in [0.1, 0.15) is 0 Å². The standard InChI is InChI=1S/C10H13N/c1-8-10(11(8)2)9-6-4-3-5-7-9/h3-8,10H,1-2H3/t8-,10?,11?/m1/s1. The second kappa shape index (κ2) is 2.35. The van der Waals surface area contributed by atoms with Gasteiger partial charge >= 0.3 is 0 Å². The molecule has 58 valence electrons. The fraction of sp³-hybridized carbons (Fsp3) is 0.400. The summed E-state index contributed by atoms with van der Waals surface area (Å²) in [5, 5.41) is 0. The predicted octanol–water partition coefficient (Wildman–Crippen LogP) is 2.06. The van der Waals surface area contributed by atoms with Crippen molar-refractivity contribution in [2.45, 2.75) is 19.0 Å². The summed E-state index contributed by atoms with van der Waals surface area (Å²) in [5.41, 5.74) is 1.45. The fourth-order valence-electron chi connectivity index (χ4n) is 1.66. The molecule has 1 aromatic rings. The van der Waals surface area contributed by atoms with Gasteiger partial charge in [-0.05, 0) is 19.5 Å². The lowest BCUT2D eigenvalue weighted by molar-refractivity contribution is 0.600. The van der Waals surface area contributed by atoms with Crippen LogP contribution in [0.3, 0.4) is 0 Å². The minimum absolute atomic E-state index is 0.677. The van der Waals surface area contributed by atoms with E-state index in [0.717, 1.165) is 6.04 Å². The van der Waals surface area contributed by atoms with Crippen LogP contribution in [-0.2, 0) is 0 Å². The molecule has 1 aromatic carbocycles. The summed E-state index contributed by atoms with van der Waals surface area (Å²) < 4.78 is 0. The van der Waals surface area contributed by atoms with Crippen molar-refractivity contribution in [1.29, 1.82) is 0 Å². The quantitative estimate of drug-likeness (QED) is 0.549. The Bertz CT molecular complexity index is 234. The molecule has 0 aromatic heterocycles. The van der Waals surface area contributed by atoms with E-state index >= 15 is 0 Å². The first kappa shape index (κ1) is 6.86.